The molecule has 0 radical (unpaired) electrons. The van der Waals surface area contributed by atoms with Crippen molar-refractivity contribution in [3.8, 4) is 5.75 Å². The van der Waals surface area contributed by atoms with Gasteiger partial charge in [-0.3, -0.25) is 0 Å². The van der Waals surface area contributed by atoms with Crippen LogP contribution in [-0.2, 0) is 5.60 Å². The van der Waals surface area contributed by atoms with E-state index in [1.54, 1.807) is 25.3 Å². The van der Waals surface area contributed by atoms with Crippen LogP contribution in [0.4, 0.5) is 0 Å². The summed E-state index contributed by atoms with van der Waals surface area (Å²) in [6.45, 7) is 9.79. The number of rotatable bonds is 8. The summed E-state index contributed by atoms with van der Waals surface area (Å²) >= 11 is 0. The number of benzene rings is 1. The molecule has 0 saturated heterocycles. The molecule has 6 nitrogen and oxygen atoms in total. The molecule has 2 aromatic rings. The summed E-state index contributed by atoms with van der Waals surface area (Å²) in [4.78, 5) is 4.45. The number of hydrogen-bond donors (Lipinski definition) is 3. The summed E-state index contributed by atoms with van der Waals surface area (Å²) in [6, 6.07) is 9.60. The molecule has 3 N–H and O–H groups in total. The first-order chi connectivity index (χ1) is 12.4. The minimum atomic E-state index is -1.15. The lowest BCUT2D eigenvalue weighted by atomic mass is 10.0. The average molecular weight is 359 g/mol. The van der Waals surface area contributed by atoms with E-state index in [1.807, 2.05) is 39.0 Å². The smallest absolute Gasteiger partial charge is 0.191 e. The monoisotopic (exact) mass is 359 g/mol. The Bertz CT molecular complexity index is 689. The number of aryl methyl sites for hydroxylation is 2. The van der Waals surface area contributed by atoms with Gasteiger partial charge in [-0.25, -0.2) is 4.99 Å². The molecule has 6 heteroatoms. The topological polar surface area (TPSA) is 79.0 Å². The van der Waals surface area contributed by atoms with E-state index in [4.69, 9.17) is 9.15 Å². The van der Waals surface area contributed by atoms with E-state index in [9.17, 15) is 5.11 Å². The first-order valence-corrected chi connectivity index (χ1v) is 8.91. The van der Waals surface area contributed by atoms with Crippen molar-refractivity contribution in [2.45, 2.75) is 33.3 Å². The molecule has 0 fully saturated rings. The molecule has 0 aliphatic heterocycles. The van der Waals surface area contributed by atoms with Crippen LogP contribution in [0.2, 0.25) is 0 Å². The standard InChI is InChI=1S/C20H29N3O3/c1-5-21-19(23-14-20(4,24)17-10-7-12-25-17)22-11-13-26-18-15(2)8-6-9-16(18)3/h6-10,12,24H,5,11,13-14H2,1-4H3,(H2,21,22,23). The number of hydrogen-bond acceptors (Lipinski definition) is 4. The summed E-state index contributed by atoms with van der Waals surface area (Å²) in [7, 11) is 0. The summed E-state index contributed by atoms with van der Waals surface area (Å²) in [5.74, 6) is 2.05. The summed E-state index contributed by atoms with van der Waals surface area (Å²) in [6.07, 6.45) is 1.54. The van der Waals surface area contributed by atoms with Crippen LogP contribution >= 0.6 is 0 Å². The highest BCUT2D eigenvalue weighted by atomic mass is 16.5. The molecular formula is C20H29N3O3. The Balaban J connectivity index is 1.87. The highest BCUT2D eigenvalue weighted by Gasteiger charge is 2.26. The van der Waals surface area contributed by atoms with Gasteiger partial charge in [0.2, 0.25) is 0 Å². The fourth-order valence-electron chi connectivity index (χ4n) is 2.59. The second-order valence-corrected chi connectivity index (χ2v) is 6.44. The Morgan fingerprint density at radius 3 is 2.54 bits per heavy atom. The number of guanidine groups is 1. The normalized spacial score (nSPS) is 14.0. The molecule has 0 spiro atoms. The molecule has 1 aromatic carbocycles. The molecule has 26 heavy (non-hydrogen) atoms. The third kappa shape index (κ3) is 5.52. The van der Waals surface area contributed by atoms with Crippen molar-refractivity contribution in [1.29, 1.82) is 0 Å². The third-order valence-corrected chi connectivity index (χ3v) is 3.99. The molecular weight excluding hydrogens is 330 g/mol. The highest BCUT2D eigenvalue weighted by molar-refractivity contribution is 5.79. The lowest BCUT2D eigenvalue weighted by molar-refractivity contribution is 0.0437. The second-order valence-electron chi connectivity index (χ2n) is 6.44. The van der Waals surface area contributed by atoms with E-state index in [0.29, 0.717) is 24.9 Å². The van der Waals surface area contributed by atoms with Gasteiger partial charge < -0.3 is 24.9 Å². The fourth-order valence-corrected chi connectivity index (χ4v) is 2.59. The van der Waals surface area contributed by atoms with Crippen molar-refractivity contribution in [3.05, 3.63) is 53.5 Å². The highest BCUT2D eigenvalue weighted by Crippen LogP contribution is 2.22. The van der Waals surface area contributed by atoms with Crippen LogP contribution in [-0.4, -0.2) is 37.3 Å². The molecule has 1 unspecified atom stereocenters. The maximum atomic E-state index is 10.5. The van der Waals surface area contributed by atoms with Gasteiger partial charge in [0, 0.05) is 6.54 Å². The Labute approximate surface area is 155 Å². The van der Waals surface area contributed by atoms with E-state index >= 15 is 0 Å². The third-order valence-electron chi connectivity index (χ3n) is 3.99. The fraction of sp³-hybridized carbons (Fsp3) is 0.450. The Hall–Kier alpha value is -2.47. The molecule has 142 valence electrons. The molecule has 1 heterocycles. The number of furan rings is 1. The molecule has 0 amide bonds. The van der Waals surface area contributed by atoms with Crippen molar-refractivity contribution in [2.75, 3.05) is 26.2 Å². The van der Waals surface area contributed by atoms with Crippen LogP contribution in [0.3, 0.4) is 0 Å². The van der Waals surface area contributed by atoms with Gasteiger partial charge in [0.05, 0.1) is 19.4 Å². The second kappa shape index (κ2) is 9.29. The molecule has 2 rings (SSSR count). The molecule has 0 aliphatic carbocycles. The van der Waals surface area contributed by atoms with Crippen LogP contribution in [0.5, 0.6) is 5.75 Å². The van der Waals surface area contributed by atoms with Crippen molar-refractivity contribution >= 4 is 5.96 Å². The predicted molar refractivity (Wildman–Crippen MR) is 104 cm³/mol. The van der Waals surface area contributed by atoms with Crippen LogP contribution in [0, 0.1) is 13.8 Å². The number of aliphatic hydroxyl groups is 1. The van der Waals surface area contributed by atoms with Gasteiger partial charge in [-0.05, 0) is 51.0 Å². The van der Waals surface area contributed by atoms with Gasteiger partial charge in [-0.15, -0.1) is 0 Å². The maximum absolute atomic E-state index is 10.5. The van der Waals surface area contributed by atoms with E-state index in [1.165, 1.54) is 0 Å². The Morgan fingerprint density at radius 2 is 1.92 bits per heavy atom. The summed E-state index contributed by atoms with van der Waals surface area (Å²) in [5.41, 5.74) is 1.10. The zero-order chi connectivity index (χ0) is 19.0. The number of nitrogens with one attached hydrogen (secondary N) is 2. The maximum Gasteiger partial charge on any atom is 0.191 e. The van der Waals surface area contributed by atoms with Gasteiger partial charge in [0.25, 0.3) is 0 Å². The minimum Gasteiger partial charge on any atom is -0.491 e. The van der Waals surface area contributed by atoms with E-state index in [0.717, 1.165) is 23.4 Å². The Morgan fingerprint density at radius 1 is 1.19 bits per heavy atom. The number of aliphatic imine (C=N–C) groups is 1. The lowest BCUT2D eigenvalue weighted by Crippen LogP contribution is -2.40. The summed E-state index contributed by atoms with van der Waals surface area (Å²) in [5, 5.41) is 16.9. The van der Waals surface area contributed by atoms with E-state index in [-0.39, 0.29) is 6.54 Å². The van der Waals surface area contributed by atoms with Gasteiger partial charge in [-0.2, -0.15) is 0 Å². The number of nitrogens with zero attached hydrogens (tertiary/aromatic N) is 1. The van der Waals surface area contributed by atoms with Crippen LogP contribution < -0.4 is 15.4 Å². The Kier molecular flexibility index (Phi) is 7.09. The SMILES string of the molecule is CCNC(=NCC(C)(O)c1ccco1)NCCOc1c(C)cccc1C. The zero-order valence-corrected chi connectivity index (χ0v) is 16.0. The van der Waals surface area contributed by atoms with Crippen LogP contribution in [0.1, 0.15) is 30.7 Å². The van der Waals surface area contributed by atoms with E-state index < -0.39 is 5.60 Å². The molecule has 0 saturated carbocycles. The van der Waals surface area contributed by atoms with Crippen molar-refractivity contribution in [2.24, 2.45) is 4.99 Å². The quantitative estimate of drug-likeness (QED) is 0.384. The summed E-state index contributed by atoms with van der Waals surface area (Å²) < 4.78 is 11.2. The molecule has 1 aromatic heterocycles. The van der Waals surface area contributed by atoms with Crippen LogP contribution in [0.15, 0.2) is 46.0 Å². The first-order valence-electron chi connectivity index (χ1n) is 8.91. The average Bonchev–Trinajstić information content (AvgIpc) is 3.14. The van der Waals surface area contributed by atoms with Crippen molar-refractivity contribution in [1.82, 2.24) is 10.6 Å². The van der Waals surface area contributed by atoms with E-state index in [2.05, 4.69) is 15.6 Å². The molecule has 1 atom stereocenters. The van der Waals surface area contributed by atoms with Gasteiger partial charge in [0.1, 0.15) is 23.7 Å². The van der Waals surface area contributed by atoms with Gasteiger partial charge in [0.15, 0.2) is 5.96 Å². The predicted octanol–water partition coefficient (Wildman–Crippen LogP) is 2.74. The van der Waals surface area contributed by atoms with Crippen LogP contribution in [0.25, 0.3) is 0 Å². The largest absolute Gasteiger partial charge is 0.491 e. The lowest BCUT2D eigenvalue weighted by Gasteiger charge is -2.19. The molecule has 0 bridgehead atoms. The van der Waals surface area contributed by atoms with Gasteiger partial charge >= 0.3 is 0 Å². The van der Waals surface area contributed by atoms with Gasteiger partial charge in [-0.1, -0.05) is 18.2 Å². The van der Waals surface area contributed by atoms with Crippen molar-refractivity contribution in [3.63, 3.8) is 0 Å². The minimum absolute atomic E-state index is 0.188. The number of para-hydroxylation sites is 1. The zero-order valence-electron chi connectivity index (χ0n) is 16.0. The van der Waals surface area contributed by atoms with Crippen molar-refractivity contribution < 1.29 is 14.3 Å². The number of ether oxygens (including phenoxy) is 1. The first kappa shape index (κ1) is 19.8. The molecule has 0 aliphatic rings.